The molecule has 9 heteroatoms. The van der Waals surface area contributed by atoms with Crippen molar-refractivity contribution in [3.05, 3.63) is 71.4 Å². The van der Waals surface area contributed by atoms with E-state index in [1.54, 1.807) is 7.05 Å². The quantitative estimate of drug-likeness (QED) is 0.429. The van der Waals surface area contributed by atoms with Crippen molar-refractivity contribution in [2.75, 3.05) is 18.5 Å². The van der Waals surface area contributed by atoms with Gasteiger partial charge in [-0.15, -0.1) is 0 Å². The molecule has 0 spiro atoms. The van der Waals surface area contributed by atoms with Crippen LogP contribution in [-0.2, 0) is 16.6 Å². The average molecular weight is 477 g/mol. The maximum atomic E-state index is 12.7. The van der Waals surface area contributed by atoms with Crippen molar-refractivity contribution in [3.63, 3.8) is 0 Å². The number of benzene rings is 2. The summed E-state index contributed by atoms with van der Waals surface area (Å²) in [7, 11) is 1.61. The van der Waals surface area contributed by atoms with Gasteiger partial charge in [0.2, 0.25) is 0 Å². The second-order valence-electron chi connectivity index (χ2n) is 8.56. The molecule has 1 aromatic heterocycles. The van der Waals surface area contributed by atoms with Crippen molar-refractivity contribution < 1.29 is 24.2 Å². The molecule has 0 saturated carbocycles. The zero-order valence-corrected chi connectivity index (χ0v) is 19.7. The lowest BCUT2D eigenvalue weighted by molar-refractivity contribution is -0.138. The van der Waals surface area contributed by atoms with E-state index in [4.69, 9.17) is 9.84 Å². The minimum Gasteiger partial charge on any atom is -0.481 e. The van der Waals surface area contributed by atoms with E-state index in [9.17, 15) is 14.4 Å². The van der Waals surface area contributed by atoms with E-state index in [2.05, 4.69) is 27.9 Å². The van der Waals surface area contributed by atoms with E-state index >= 15 is 0 Å². The van der Waals surface area contributed by atoms with Gasteiger partial charge in [0.1, 0.15) is 18.0 Å². The molecule has 1 unspecified atom stereocenters. The number of carboxylic acid groups (broad SMARTS) is 1. The molecular formula is C26H28N4O5. The smallest absolute Gasteiger partial charge is 0.412 e. The van der Waals surface area contributed by atoms with Crippen LogP contribution in [0, 0.1) is 5.92 Å². The number of carbonyl (C=O) groups excluding carboxylic acids is 2. The molecule has 1 heterocycles. The van der Waals surface area contributed by atoms with Crippen LogP contribution in [0.1, 0.15) is 47.2 Å². The molecule has 35 heavy (non-hydrogen) atoms. The summed E-state index contributed by atoms with van der Waals surface area (Å²) in [5.41, 5.74) is 4.65. The largest absolute Gasteiger partial charge is 0.481 e. The second-order valence-corrected chi connectivity index (χ2v) is 8.56. The number of nitrogens with one attached hydrogen (secondary N) is 2. The zero-order valence-electron chi connectivity index (χ0n) is 19.7. The molecule has 0 saturated heterocycles. The van der Waals surface area contributed by atoms with E-state index in [1.165, 1.54) is 10.9 Å². The van der Waals surface area contributed by atoms with Crippen LogP contribution in [0.25, 0.3) is 11.1 Å². The van der Waals surface area contributed by atoms with Crippen molar-refractivity contribution in [1.82, 2.24) is 15.1 Å². The van der Waals surface area contributed by atoms with E-state index in [0.717, 1.165) is 22.3 Å². The summed E-state index contributed by atoms with van der Waals surface area (Å²) in [6.45, 7) is 2.22. The molecule has 3 N–H and O–H groups in total. The molecule has 1 aliphatic carbocycles. The summed E-state index contributed by atoms with van der Waals surface area (Å²) >= 11 is 0. The van der Waals surface area contributed by atoms with Gasteiger partial charge in [-0.2, -0.15) is 5.10 Å². The van der Waals surface area contributed by atoms with Crippen molar-refractivity contribution in [3.8, 4) is 11.1 Å². The Labute approximate surface area is 203 Å². The Kier molecular flexibility index (Phi) is 7.14. The Morgan fingerprint density at radius 3 is 2.31 bits per heavy atom. The molecule has 1 aliphatic rings. The van der Waals surface area contributed by atoms with E-state index in [1.807, 2.05) is 43.3 Å². The molecule has 9 nitrogen and oxygen atoms in total. The summed E-state index contributed by atoms with van der Waals surface area (Å²) in [5, 5.41) is 18.4. The molecule has 3 aromatic rings. The number of hydrogen-bond acceptors (Lipinski definition) is 5. The number of hydrogen-bond donors (Lipinski definition) is 3. The number of carboxylic acids is 1. The lowest BCUT2D eigenvalue weighted by Gasteiger charge is -2.16. The highest BCUT2D eigenvalue weighted by Gasteiger charge is 2.29. The summed E-state index contributed by atoms with van der Waals surface area (Å²) in [6.07, 6.45) is 1.24. The molecule has 2 aromatic carbocycles. The summed E-state index contributed by atoms with van der Waals surface area (Å²) in [6, 6.07) is 16.1. The fourth-order valence-electron chi connectivity index (χ4n) is 4.42. The van der Waals surface area contributed by atoms with Crippen LogP contribution in [0.4, 0.5) is 10.6 Å². The molecule has 0 bridgehead atoms. The number of ether oxygens (including phenoxy) is 1. The van der Waals surface area contributed by atoms with E-state index in [0.29, 0.717) is 6.42 Å². The highest BCUT2D eigenvalue weighted by molar-refractivity contribution is 6.01. The number of rotatable bonds is 9. The monoisotopic (exact) mass is 476 g/mol. The number of amides is 2. The Hall–Kier alpha value is -4.14. The molecular weight excluding hydrogens is 448 g/mol. The van der Waals surface area contributed by atoms with Crippen LogP contribution in [0.15, 0.2) is 54.7 Å². The zero-order chi connectivity index (χ0) is 24.9. The third kappa shape index (κ3) is 5.18. The van der Waals surface area contributed by atoms with Gasteiger partial charge < -0.3 is 15.2 Å². The predicted octanol–water partition coefficient (Wildman–Crippen LogP) is 4.01. The van der Waals surface area contributed by atoms with Crippen LogP contribution in [0.5, 0.6) is 0 Å². The Morgan fingerprint density at radius 2 is 1.71 bits per heavy atom. The highest BCUT2D eigenvalue weighted by atomic mass is 16.5. The Bertz CT molecular complexity index is 1210. The number of anilines is 1. The van der Waals surface area contributed by atoms with Crippen molar-refractivity contribution >= 4 is 23.8 Å². The van der Waals surface area contributed by atoms with Crippen LogP contribution in [-0.4, -0.2) is 46.0 Å². The number of aromatic nitrogens is 2. The molecule has 1 atom stereocenters. The molecule has 0 fully saturated rings. The van der Waals surface area contributed by atoms with Gasteiger partial charge in [-0.05, 0) is 28.2 Å². The maximum absolute atomic E-state index is 12.7. The van der Waals surface area contributed by atoms with Gasteiger partial charge in [-0.1, -0.05) is 61.9 Å². The number of aryl methyl sites for hydroxylation is 1. The topological polar surface area (TPSA) is 123 Å². The standard InChI is InChI=1S/C26H28N4O5/c1-3-16(12-23(31)32)13-27-25(33)21-14-28-30(2)24(21)29-26(34)35-15-22-19-10-6-4-8-17(19)18-9-5-7-11-20(18)22/h4-11,14,16,22H,3,12-13,15H2,1-2H3,(H,27,33)(H,29,34)(H,31,32). The molecule has 2 amide bonds. The predicted molar refractivity (Wildman–Crippen MR) is 130 cm³/mol. The SMILES string of the molecule is CCC(CNC(=O)c1cnn(C)c1NC(=O)OCC1c2ccccc2-c2ccccc21)CC(=O)O. The number of aliphatic carboxylic acids is 1. The van der Waals surface area contributed by atoms with Gasteiger partial charge >= 0.3 is 12.1 Å². The molecule has 0 radical (unpaired) electrons. The summed E-state index contributed by atoms with van der Waals surface area (Å²) < 4.78 is 6.95. The van der Waals surface area contributed by atoms with Gasteiger partial charge in [0.25, 0.3) is 5.91 Å². The fraction of sp³-hybridized carbons (Fsp3) is 0.308. The second kappa shape index (κ2) is 10.4. The number of carbonyl (C=O) groups is 3. The minimum absolute atomic E-state index is 0.0331. The van der Waals surface area contributed by atoms with E-state index < -0.39 is 18.0 Å². The first-order valence-electron chi connectivity index (χ1n) is 11.5. The minimum atomic E-state index is -0.912. The third-order valence-electron chi connectivity index (χ3n) is 6.34. The normalized spacial score (nSPS) is 13.0. The van der Waals surface area contributed by atoms with Gasteiger partial charge in [0.15, 0.2) is 0 Å². The Balaban J connectivity index is 1.40. The van der Waals surface area contributed by atoms with Gasteiger partial charge in [-0.3, -0.25) is 19.6 Å². The molecule has 182 valence electrons. The van der Waals surface area contributed by atoms with Crippen molar-refractivity contribution in [2.24, 2.45) is 13.0 Å². The average Bonchev–Trinajstić information content (AvgIpc) is 3.37. The fourth-order valence-corrected chi connectivity index (χ4v) is 4.42. The van der Waals surface area contributed by atoms with Crippen LogP contribution in [0.3, 0.4) is 0 Å². The number of fused-ring (bicyclic) bond motifs is 3. The van der Waals surface area contributed by atoms with Crippen molar-refractivity contribution in [1.29, 1.82) is 0 Å². The first kappa shape index (κ1) is 24.0. The number of nitrogens with zero attached hydrogens (tertiary/aromatic N) is 2. The first-order valence-corrected chi connectivity index (χ1v) is 11.5. The van der Waals surface area contributed by atoms with Crippen LogP contribution >= 0.6 is 0 Å². The Morgan fingerprint density at radius 1 is 1.09 bits per heavy atom. The highest BCUT2D eigenvalue weighted by Crippen LogP contribution is 2.44. The third-order valence-corrected chi connectivity index (χ3v) is 6.34. The molecule has 0 aliphatic heterocycles. The maximum Gasteiger partial charge on any atom is 0.412 e. The first-order chi connectivity index (χ1) is 16.9. The van der Waals surface area contributed by atoms with Gasteiger partial charge in [0.05, 0.1) is 6.20 Å². The van der Waals surface area contributed by atoms with Crippen LogP contribution < -0.4 is 10.6 Å². The van der Waals surface area contributed by atoms with E-state index in [-0.39, 0.29) is 42.8 Å². The molecule has 4 rings (SSSR count). The summed E-state index contributed by atoms with van der Waals surface area (Å²) in [4.78, 5) is 36.4. The lowest BCUT2D eigenvalue weighted by atomic mass is 9.98. The van der Waals surface area contributed by atoms with Crippen LogP contribution in [0.2, 0.25) is 0 Å². The lowest BCUT2D eigenvalue weighted by Crippen LogP contribution is -2.31. The van der Waals surface area contributed by atoms with Gasteiger partial charge in [-0.25, -0.2) is 4.79 Å². The van der Waals surface area contributed by atoms with Crippen molar-refractivity contribution in [2.45, 2.75) is 25.7 Å². The summed E-state index contributed by atoms with van der Waals surface area (Å²) in [5.74, 6) is -1.43. The van der Waals surface area contributed by atoms with Gasteiger partial charge in [0, 0.05) is 25.9 Å².